The molecule has 36 heavy (non-hydrogen) atoms. The van der Waals surface area contributed by atoms with Crippen LogP contribution in [0.3, 0.4) is 0 Å². The average molecular weight is 531 g/mol. The summed E-state index contributed by atoms with van der Waals surface area (Å²) in [6.07, 6.45) is -0.114. The number of carboxylic acids is 1. The standard InChI is InChI=1S/C22H32N4O2S.C2HF3O2/c1-16(2)26-13-20(23-15-26)19-12-24(11-18-6-5-17(3)29-18)14-22(19)7-8-25(21(22)27)9-10-28-4;3-2(4,5)1(6)7/h5-6,13,15-16,19H,7-12,14H2,1-4H3;(H,6,7). The van der Waals surface area contributed by atoms with Gasteiger partial charge in [0.05, 0.1) is 24.0 Å². The summed E-state index contributed by atoms with van der Waals surface area (Å²) in [5.41, 5.74) is 0.696. The molecule has 2 aromatic heterocycles. The number of methoxy groups -OCH3 is 1. The molecule has 12 heteroatoms. The molecule has 2 saturated heterocycles. The van der Waals surface area contributed by atoms with Crippen molar-refractivity contribution in [3.63, 3.8) is 0 Å². The molecule has 4 heterocycles. The van der Waals surface area contributed by atoms with Crippen LogP contribution in [0.1, 0.15) is 47.7 Å². The molecule has 4 rings (SSSR count). The van der Waals surface area contributed by atoms with Crippen molar-refractivity contribution >= 4 is 23.2 Å². The molecule has 0 aromatic carbocycles. The Hall–Kier alpha value is -2.44. The molecule has 2 aliphatic rings. The summed E-state index contributed by atoms with van der Waals surface area (Å²) in [5, 5.41) is 7.12. The van der Waals surface area contributed by atoms with E-state index in [4.69, 9.17) is 19.6 Å². The van der Waals surface area contributed by atoms with Gasteiger partial charge in [-0.15, -0.1) is 11.3 Å². The van der Waals surface area contributed by atoms with Gasteiger partial charge in [0.15, 0.2) is 0 Å². The number of likely N-dealkylation sites (tertiary alicyclic amines) is 2. The number of aryl methyl sites for hydroxylation is 1. The lowest BCUT2D eigenvalue weighted by atomic mass is 9.75. The highest BCUT2D eigenvalue weighted by molar-refractivity contribution is 7.11. The zero-order chi connectivity index (χ0) is 26.7. The molecule has 0 bridgehead atoms. The number of imidazole rings is 1. The molecule has 2 aliphatic heterocycles. The normalized spacial score (nSPS) is 22.5. The number of nitrogens with zero attached hydrogens (tertiary/aromatic N) is 4. The molecule has 2 fully saturated rings. The van der Waals surface area contributed by atoms with Gasteiger partial charge in [0.25, 0.3) is 0 Å². The van der Waals surface area contributed by atoms with Crippen LogP contribution in [-0.2, 0) is 20.9 Å². The van der Waals surface area contributed by atoms with Crippen molar-refractivity contribution in [2.75, 3.05) is 39.9 Å². The molecule has 0 saturated carbocycles. The first-order valence-electron chi connectivity index (χ1n) is 11.8. The maximum absolute atomic E-state index is 13.6. The molecule has 0 aliphatic carbocycles. The Balaban J connectivity index is 0.000000454. The maximum atomic E-state index is 13.6. The summed E-state index contributed by atoms with van der Waals surface area (Å²) in [6.45, 7) is 11.2. The number of alkyl halides is 3. The number of amides is 1. The number of ether oxygens (including phenoxy) is 1. The lowest BCUT2D eigenvalue weighted by Crippen LogP contribution is -2.40. The molecule has 1 amide bonds. The van der Waals surface area contributed by atoms with E-state index >= 15 is 0 Å². The number of hydrogen-bond donors (Lipinski definition) is 1. The van der Waals surface area contributed by atoms with E-state index in [2.05, 4.69) is 48.6 Å². The summed E-state index contributed by atoms with van der Waals surface area (Å²) in [5.74, 6) is -2.33. The van der Waals surface area contributed by atoms with Crippen LogP contribution in [0.4, 0.5) is 13.2 Å². The van der Waals surface area contributed by atoms with Crippen LogP contribution >= 0.6 is 11.3 Å². The Morgan fingerprint density at radius 3 is 2.58 bits per heavy atom. The number of carbonyl (C=O) groups is 2. The summed E-state index contributed by atoms with van der Waals surface area (Å²) in [6, 6.07) is 4.77. The molecule has 2 unspecified atom stereocenters. The monoisotopic (exact) mass is 530 g/mol. The topological polar surface area (TPSA) is 87.9 Å². The Labute approximate surface area is 212 Å². The van der Waals surface area contributed by atoms with Gasteiger partial charge in [-0.25, -0.2) is 9.78 Å². The fraction of sp³-hybridized carbons (Fsp3) is 0.625. The molecule has 2 aromatic rings. The van der Waals surface area contributed by atoms with Gasteiger partial charge in [0.1, 0.15) is 0 Å². The van der Waals surface area contributed by atoms with Crippen molar-refractivity contribution in [2.45, 2.75) is 51.9 Å². The van der Waals surface area contributed by atoms with E-state index in [9.17, 15) is 18.0 Å². The van der Waals surface area contributed by atoms with Crippen LogP contribution in [0.15, 0.2) is 24.7 Å². The Morgan fingerprint density at radius 2 is 2.06 bits per heavy atom. The van der Waals surface area contributed by atoms with E-state index in [0.29, 0.717) is 19.2 Å². The largest absolute Gasteiger partial charge is 0.490 e. The van der Waals surface area contributed by atoms with Crippen molar-refractivity contribution in [2.24, 2.45) is 5.41 Å². The van der Waals surface area contributed by atoms with Crippen molar-refractivity contribution < 1.29 is 32.6 Å². The van der Waals surface area contributed by atoms with E-state index in [-0.39, 0.29) is 17.2 Å². The fourth-order valence-electron chi connectivity index (χ4n) is 4.85. The van der Waals surface area contributed by atoms with Crippen LogP contribution < -0.4 is 0 Å². The van der Waals surface area contributed by atoms with Crippen LogP contribution in [0.25, 0.3) is 0 Å². The fourth-order valence-corrected chi connectivity index (χ4v) is 5.78. The molecule has 1 N–H and O–H groups in total. The third-order valence-electron chi connectivity index (χ3n) is 6.71. The number of hydrogen-bond acceptors (Lipinski definition) is 6. The van der Waals surface area contributed by atoms with E-state index in [0.717, 1.165) is 38.3 Å². The molecule has 1 spiro atoms. The van der Waals surface area contributed by atoms with Crippen molar-refractivity contribution in [3.05, 3.63) is 40.1 Å². The lowest BCUT2D eigenvalue weighted by Gasteiger charge is -2.28. The van der Waals surface area contributed by atoms with Gasteiger partial charge in [0, 0.05) is 67.7 Å². The zero-order valence-corrected chi connectivity index (χ0v) is 21.7. The Kier molecular flexibility index (Phi) is 8.84. The predicted octanol–water partition coefficient (Wildman–Crippen LogP) is 3.93. The first-order valence-corrected chi connectivity index (χ1v) is 12.6. The van der Waals surface area contributed by atoms with Crippen LogP contribution in [0.5, 0.6) is 0 Å². The summed E-state index contributed by atoms with van der Waals surface area (Å²) >= 11 is 1.85. The molecular weight excluding hydrogens is 497 g/mol. The van der Waals surface area contributed by atoms with Gasteiger partial charge in [-0.2, -0.15) is 13.2 Å². The van der Waals surface area contributed by atoms with Gasteiger partial charge in [-0.1, -0.05) is 0 Å². The highest BCUT2D eigenvalue weighted by Crippen LogP contribution is 2.50. The molecular formula is C24H33F3N4O4S. The molecule has 200 valence electrons. The van der Waals surface area contributed by atoms with Crippen molar-refractivity contribution in [1.82, 2.24) is 19.4 Å². The average Bonchev–Trinajstić information content (AvgIpc) is 3.56. The summed E-state index contributed by atoms with van der Waals surface area (Å²) in [4.78, 5) is 34.4. The lowest BCUT2D eigenvalue weighted by molar-refractivity contribution is -0.192. The minimum Gasteiger partial charge on any atom is -0.475 e. The first kappa shape index (κ1) is 28.1. The smallest absolute Gasteiger partial charge is 0.475 e. The van der Waals surface area contributed by atoms with E-state index in [1.54, 1.807) is 7.11 Å². The first-order chi connectivity index (χ1) is 16.9. The highest BCUT2D eigenvalue weighted by Gasteiger charge is 2.57. The van der Waals surface area contributed by atoms with Crippen molar-refractivity contribution in [3.8, 4) is 0 Å². The zero-order valence-electron chi connectivity index (χ0n) is 20.9. The third kappa shape index (κ3) is 6.27. The number of halogens is 3. The predicted molar refractivity (Wildman–Crippen MR) is 129 cm³/mol. The maximum Gasteiger partial charge on any atom is 0.490 e. The van der Waals surface area contributed by atoms with Crippen LogP contribution in [0.2, 0.25) is 0 Å². The van der Waals surface area contributed by atoms with E-state index < -0.39 is 12.1 Å². The van der Waals surface area contributed by atoms with Gasteiger partial charge in [0.2, 0.25) is 5.91 Å². The van der Waals surface area contributed by atoms with Crippen molar-refractivity contribution in [1.29, 1.82) is 0 Å². The van der Waals surface area contributed by atoms with Gasteiger partial charge < -0.3 is 19.3 Å². The number of carboxylic acid groups (broad SMARTS) is 1. The van der Waals surface area contributed by atoms with E-state index in [1.807, 2.05) is 22.6 Å². The molecule has 0 radical (unpaired) electrons. The third-order valence-corrected chi connectivity index (χ3v) is 7.70. The quantitative estimate of drug-likeness (QED) is 0.584. The van der Waals surface area contributed by atoms with Gasteiger partial charge in [-0.3, -0.25) is 9.69 Å². The number of thiophene rings is 1. The summed E-state index contributed by atoms with van der Waals surface area (Å²) < 4.78 is 39.1. The highest BCUT2D eigenvalue weighted by atomic mass is 32.1. The van der Waals surface area contributed by atoms with Gasteiger partial charge in [-0.05, 0) is 39.3 Å². The summed E-state index contributed by atoms with van der Waals surface area (Å²) in [7, 11) is 1.69. The number of carbonyl (C=O) groups excluding carboxylic acids is 1. The number of aromatic nitrogens is 2. The van der Waals surface area contributed by atoms with Gasteiger partial charge >= 0.3 is 12.1 Å². The second kappa shape index (κ2) is 11.3. The second-order valence-electron chi connectivity index (χ2n) is 9.57. The SMILES string of the molecule is COCCN1CCC2(CN(Cc3ccc(C)s3)CC2c2cn(C(C)C)cn2)C1=O.O=C(O)C(F)(F)F. The van der Waals surface area contributed by atoms with Crippen LogP contribution in [-0.4, -0.2) is 82.4 Å². The van der Waals surface area contributed by atoms with E-state index in [1.165, 1.54) is 9.75 Å². The molecule has 8 nitrogen and oxygen atoms in total. The number of aliphatic carboxylic acids is 1. The minimum absolute atomic E-state index is 0.142. The Bertz CT molecular complexity index is 1050. The number of rotatable bonds is 7. The Morgan fingerprint density at radius 1 is 1.36 bits per heavy atom. The minimum atomic E-state index is -5.08. The molecule has 2 atom stereocenters. The second-order valence-corrected chi connectivity index (χ2v) is 10.9. The van der Waals surface area contributed by atoms with Crippen LogP contribution in [0, 0.1) is 12.3 Å².